The standard InChI is InChI=1S/C16H32N2O3/c1-13(12-14-6-7-14)17-8-9-18(10-11-20-5)15(19)21-16(2,3)4/h13-14,17H,6-12H2,1-5H3. The van der Waals surface area contributed by atoms with Gasteiger partial charge >= 0.3 is 6.09 Å². The van der Waals surface area contributed by atoms with Crippen molar-refractivity contribution in [1.29, 1.82) is 0 Å². The third-order valence-corrected chi connectivity index (χ3v) is 3.48. The molecule has 1 N–H and O–H groups in total. The van der Waals surface area contributed by atoms with E-state index in [0.29, 0.717) is 25.7 Å². The van der Waals surface area contributed by atoms with Crippen molar-refractivity contribution in [3.63, 3.8) is 0 Å². The van der Waals surface area contributed by atoms with Crippen molar-refractivity contribution in [2.45, 2.75) is 58.6 Å². The Hall–Kier alpha value is -0.810. The predicted octanol–water partition coefficient (Wildman–Crippen LogP) is 2.65. The maximum atomic E-state index is 12.1. The van der Waals surface area contributed by atoms with Crippen molar-refractivity contribution in [2.24, 2.45) is 5.92 Å². The number of nitrogens with one attached hydrogen (secondary N) is 1. The summed E-state index contributed by atoms with van der Waals surface area (Å²) >= 11 is 0. The molecule has 0 aliphatic heterocycles. The van der Waals surface area contributed by atoms with Crippen LogP contribution in [0.15, 0.2) is 0 Å². The zero-order valence-corrected chi connectivity index (χ0v) is 14.3. The number of ether oxygens (including phenoxy) is 2. The van der Waals surface area contributed by atoms with E-state index in [1.165, 1.54) is 19.3 Å². The van der Waals surface area contributed by atoms with E-state index in [9.17, 15) is 4.79 Å². The number of rotatable bonds is 9. The van der Waals surface area contributed by atoms with Gasteiger partial charge in [-0.1, -0.05) is 12.8 Å². The molecule has 1 aliphatic carbocycles. The van der Waals surface area contributed by atoms with E-state index >= 15 is 0 Å². The fourth-order valence-corrected chi connectivity index (χ4v) is 2.21. The van der Waals surface area contributed by atoms with Crippen LogP contribution in [0.25, 0.3) is 0 Å². The largest absolute Gasteiger partial charge is 0.444 e. The highest BCUT2D eigenvalue weighted by Gasteiger charge is 2.24. The third kappa shape index (κ3) is 8.94. The Bertz CT molecular complexity index is 311. The molecule has 1 rings (SSSR count). The summed E-state index contributed by atoms with van der Waals surface area (Å²) in [5, 5.41) is 3.49. The van der Waals surface area contributed by atoms with Gasteiger partial charge in [-0.05, 0) is 40.0 Å². The van der Waals surface area contributed by atoms with Gasteiger partial charge in [0.25, 0.3) is 0 Å². The first-order chi connectivity index (χ1) is 9.81. The van der Waals surface area contributed by atoms with Gasteiger partial charge < -0.3 is 19.7 Å². The molecule has 1 saturated carbocycles. The normalized spacial score (nSPS) is 16.6. The van der Waals surface area contributed by atoms with E-state index in [1.807, 2.05) is 20.8 Å². The zero-order chi connectivity index (χ0) is 15.9. The van der Waals surface area contributed by atoms with Crippen LogP contribution in [-0.4, -0.2) is 56.0 Å². The Balaban J connectivity index is 2.31. The summed E-state index contributed by atoms with van der Waals surface area (Å²) in [5.41, 5.74) is -0.463. The van der Waals surface area contributed by atoms with Gasteiger partial charge in [0.15, 0.2) is 0 Å². The fraction of sp³-hybridized carbons (Fsp3) is 0.938. The summed E-state index contributed by atoms with van der Waals surface area (Å²) in [6.07, 6.45) is 3.73. The average Bonchev–Trinajstić information content (AvgIpc) is 3.15. The minimum atomic E-state index is -0.463. The summed E-state index contributed by atoms with van der Waals surface area (Å²) in [6.45, 7) is 10.4. The fourth-order valence-electron chi connectivity index (χ4n) is 2.21. The zero-order valence-electron chi connectivity index (χ0n) is 14.3. The van der Waals surface area contributed by atoms with E-state index in [2.05, 4.69) is 12.2 Å². The van der Waals surface area contributed by atoms with Gasteiger partial charge in [-0.2, -0.15) is 0 Å². The summed E-state index contributed by atoms with van der Waals surface area (Å²) in [5.74, 6) is 0.919. The van der Waals surface area contributed by atoms with E-state index in [-0.39, 0.29) is 6.09 Å². The molecule has 0 aromatic heterocycles. The van der Waals surface area contributed by atoms with E-state index in [4.69, 9.17) is 9.47 Å². The molecule has 1 aliphatic rings. The van der Waals surface area contributed by atoms with Crippen molar-refractivity contribution >= 4 is 6.09 Å². The lowest BCUT2D eigenvalue weighted by Gasteiger charge is -2.27. The van der Waals surface area contributed by atoms with Gasteiger partial charge in [-0.3, -0.25) is 0 Å². The SMILES string of the molecule is COCCN(CCNC(C)CC1CC1)C(=O)OC(C)(C)C. The van der Waals surface area contributed by atoms with Crippen LogP contribution in [-0.2, 0) is 9.47 Å². The Kier molecular flexibility index (Phi) is 7.46. The second kappa shape index (κ2) is 8.59. The number of hydrogen-bond acceptors (Lipinski definition) is 4. The molecule has 21 heavy (non-hydrogen) atoms. The molecule has 0 saturated heterocycles. The van der Waals surface area contributed by atoms with Crippen LogP contribution in [0.4, 0.5) is 4.79 Å². The molecule has 1 atom stereocenters. The smallest absolute Gasteiger partial charge is 0.410 e. The van der Waals surface area contributed by atoms with Crippen LogP contribution in [0, 0.1) is 5.92 Å². The Morgan fingerprint density at radius 3 is 2.52 bits per heavy atom. The maximum absolute atomic E-state index is 12.1. The van der Waals surface area contributed by atoms with Crippen LogP contribution in [0.3, 0.4) is 0 Å². The first-order valence-corrected chi connectivity index (χ1v) is 8.02. The molecule has 1 amide bonds. The first-order valence-electron chi connectivity index (χ1n) is 8.02. The molecule has 1 unspecified atom stereocenters. The topological polar surface area (TPSA) is 50.8 Å². The minimum Gasteiger partial charge on any atom is -0.444 e. The number of hydrogen-bond donors (Lipinski definition) is 1. The van der Waals surface area contributed by atoms with Crippen LogP contribution in [0.5, 0.6) is 0 Å². The summed E-state index contributed by atoms with van der Waals surface area (Å²) < 4.78 is 10.5. The Labute approximate surface area is 129 Å². The van der Waals surface area contributed by atoms with E-state index < -0.39 is 5.60 Å². The molecule has 0 spiro atoms. The summed E-state index contributed by atoms with van der Waals surface area (Å²) in [4.78, 5) is 13.9. The number of methoxy groups -OCH3 is 1. The van der Waals surface area contributed by atoms with Crippen LogP contribution in [0.1, 0.15) is 47.0 Å². The number of carbonyl (C=O) groups excluding carboxylic acids is 1. The highest BCUT2D eigenvalue weighted by molar-refractivity contribution is 5.68. The number of nitrogens with zero attached hydrogens (tertiary/aromatic N) is 1. The monoisotopic (exact) mass is 300 g/mol. The summed E-state index contributed by atoms with van der Waals surface area (Å²) in [6, 6.07) is 0.514. The minimum absolute atomic E-state index is 0.267. The molecular weight excluding hydrogens is 268 g/mol. The van der Waals surface area contributed by atoms with Crippen LogP contribution >= 0.6 is 0 Å². The van der Waals surface area contributed by atoms with Gasteiger partial charge in [0.1, 0.15) is 5.60 Å². The van der Waals surface area contributed by atoms with Crippen molar-refractivity contribution in [1.82, 2.24) is 10.2 Å². The van der Waals surface area contributed by atoms with Crippen molar-refractivity contribution in [2.75, 3.05) is 33.4 Å². The molecule has 1 fully saturated rings. The Morgan fingerprint density at radius 1 is 1.33 bits per heavy atom. The number of carbonyl (C=O) groups is 1. The lowest BCUT2D eigenvalue weighted by atomic mass is 10.1. The quantitative estimate of drug-likeness (QED) is 0.711. The van der Waals surface area contributed by atoms with Crippen molar-refractivity contribution in [3.05, 3.63) is 0 Å². The van der Waals surface area contributed by atoms with Crippen LogP contribution in [0.2, 0.25) is 0 Å². The van der Waals surface area contributed by atoms with Gasteiger partial charge in [-0.25, -0.2) is 4.79 Å². The molecule has 0 bridgehead atoms. The van der Waals surface area contributed by atoms with E-state index in [0.717, 1.165) is 12.5 Å². The maximum Gasteiger partial charge on any atom is 0.410 e. The van der Waals surface area contributed by atoms with Gasteiger partial charge in [0, 0.05) is 32.8 Å². The summed E-state index contributed by atoms with van der Waals surface area (Å²) in [7, 11) is 1.64. The molecule has 5 nitrogen and oxygen atoms in total. The highest BCUT2D eigenvalue weighted by Crippen LogP contribution is 2.33. The lowest BCUT2D eigenvalue weighted by molar-refractivity contribution is 0.0203. The molecule has 0 radical (unpaired) electrons. The lowest BCUT2D eigenvalue weighted by Crippen LogP contribution is -2.43. The van der Waals surface area contributed by atoms with Crippen molar-refractivity contribution < 1.29 is 14.3 Å². The molecule has 0 aromatic rings. The third-order valence-electron chi connectivity index (χ3n) is 3.48. The Morgan fingerprint density at radius 2 is 2.00 bits per heavy atom. The van der Waals surface area contributed by atoms with Gasteiger partial charge in [0.05, 0.1) is 6.61 Å². The predicted molar refractivity (Wildman–Crippen MR) is 84.5 cm³/mol. The van der Waals surface area contributed by atoms with Crippen LogP contribution < -0.4 is 5.32 Å². The van der Waals surface area contributed by atoms with E-state index in [1.54, 1.807) is 12.0 Å². The van der Waals surface area contributed by atoms with Gasteiger partial charge in [-0.15, -0.1) is 0 Å². The second-order valence-electron chi connectivity index (χ2n) is 6.99. The van der Waals surface area contributed by atoms with Gasteiger partial charge in [0.2, 0.25) is 0 Å². The molecule has 5 heteroatoms. The number of amides is 1. The average molecular weight is 300 g/mol. The molecule has 124 valence electrons. The molecular formula is C16H32N2O3. The molecule has 0 heterocycles. The van der Waals surface area contributed by atoms with Crippen molar-refractivity contribution in [3.8, 4) is 0 Å². The highest BCUT2D eigenvalue weighted by atomic mass is 16.6. The first kappa shape index (κ1) is 18.2. The second-order valence-corrected chi connectivity index (χ2v) is 6.99. The molecule has 0 aromatic carbocycles.